The summed E-state index contributed by atoms with van der Waals surface area (Å²) in [7, 11) is 0. The maximum atomic E-state index is 13.5. The number of nitrogens with one attached hydrogen (secondary N) is 1. The number of hydrogen-bond acceptors (Lipinski definition) is 5. The van der Waals surface area contributed by atoms with E-state index in [1.807, 2.05) is 0 Å². The predicted octanol–water partition coefficient (Wildman–Crippen LogP) is 2.79. The Morgan fingerprint density at radius 2 is 2.30 bits per heavy atom. The SMILES string of the molecule is C[C@@H](NC(=O)CSc1nncs1)c1ccc(F)cc1F. The van der Waals surface area contributed by atoms with Crippen LogP contribution in [0.4, 0.5) is 8.78 Å². The van der Waals surface area contributed by atoms with Crippen LogP contribution in [0.1, 0.15) is 18.5 Å². The smallest absolute Gasteiger partial charge is 0.230 e. The lowest BCUT2D eigenvalue weighted by molar-refractivity contribution is -0.119. The number of thioether (sulfide) groups is 1. The van der Waals surface area contributed by atoms with Crippen LogP contribution in [0.2, 0.25) is 0 Å². The van der Waals surface area contributed by atoms with E-state index in [1.165, 1.54) is 29.2 Å². The minimum atomic E-state index is -0.672. The Kier molecular flexibility index (Phi) is 5.02. The van der Waals surface area contributed by atoms with Crippen molar-refractivity contribution in [2.75, 3.05) is 5.75 Å². The second-order valence-corrected chi connectivity index (χ2v) is 6.00. The van der Waals surface area contributed by atoms with Gasteiger partial charge in [-0.3, -0.25) is 4.79 Å². The van der Waals surface area contributed by atoms with Crippen molar-refractivity contribution >= 4 is 29.0 Å². The van der Waals surface area contributed by atoms with E-state index in [-0.39, 0.29) is 17.2 Å². The molecule has 0 radical (unpaired) electrons. The molecule has 0 unspecified atom stereocenters. The summed E-state index contributed by atoms with van der Waals surface area (Å²) in [5.74, 6) is -1.39. The lowest BCUT2D eigenvalue weighted by Gasteiger charge is -2.14. The van der Waals surface area contributed by atoms with Gasteiger partial charge in [0, 0.05) is 11.6 Å². The molecule has 2 aromatic rings. The molecule has 1 aromatic carbocycles. The number of benzene rings is 1. The summed E-state index contributed by atoms with van der Waals surface area (Å²) in [4.78, 5) is 11.7. The summed E-state index contributed by atoms with van der Waals surface area (Å²) in [6.07, 6.45) is 0. The minimum absolute atomic E-state index is 0.169. The van der Waals surface area contributed by atoms with Gasteiger partial charge in [-0.2, -0.15) is 0 Å². The fourth-order valence-corrected chi connectivity index (χ4v) is 2.87. The Morgan fingerprint density at radius 1 is 1.50 bits per heavy atom. The molecule has 1 atom stereocenters. The minimum Gasteiger partial charge on any atom is -0.349 e. The highest BCUT2D eigenvalue weighted by molar-refractivity contribution is 8.01. The molecule has 0 saturated heterocycles. The molecule has 1 amide bonds. The van der Waals surface area contributed by atoms with Crippen LogP contribution in [0, 0.1) is 11.6 Å². The number of carbonyl (C=O) groups excluding carboxylic acids is 1. The van der Waals surface area contributed by atoms with Crippen molar-refractivity contribution in [1.29, 1.82) is 0 Å². The molecule has 1 aromatic heterocycles. The molecular formula is C12H11F2N3OS2. The van der Waals surface area contributed by atoms with E-state index in [0.29, 0.717) is 4.34 Å². The summed E-state index contributed by atoms with van der Waals surface area (Å²) in [5, 5.41) is 10.1. The van der Waals surface area contributed by atoms with Gasteiger partial charge in [0.15, 0.2) is 4.34 Å². The van der Waals surface area contributed by atoms with E-state index in [2.05, 4.69) is 15.5 Å². The first-order chi connectivity index (χ1) is 9.56. The summed E-state index contributed by atoms with van der Waals surface area (Å²) in [5.41, 5.74) is 1.83. The van der Waals surface area contributed by atoms with Gasteiger partial charge in [0.1, 0.15) is 17.1 Å². The van der Waals surface area contributed by atoms with E-state index in [4.69, 9.17) is 0 Å². The van der Waals surface area contributed by atoms with E-state index in [0.717, 1.165) is 12.1 Å². The molecule has 106 valence electrons. The van der Waals surface area contributed by atoms with Crippen LogP contribution in [-0.4, -0.2) is 21.9 Å². The third kappa shape index (κ3) is 3.97. The van der Waals surface area contributed by atoms with Crippen LogP contribution in [0.25, 0.3) is 0 Å². The van der Waals surface area contributed by atoms with Gasteiger partial charge in [0.2, 0.25) is 5.91 Å². The molecule has 0 aliphatic carbocycles. The Balaban J connectivity index is 1.90. The maximum Gasteiger partial charge on any atom is 0.230 e. The first kappa shape index (κ1) is 14.9. The van der Waals surface area contributed by atoms with Crippen molar-refractivity contribution in [2.45, 2.75) is 17.3 Å². The zero-order valence-electron chi connectivity index (χ0n) is 10.5. The molecule has 0 aliphatic rings. The molecule has 0 fully saturated rings. The lowest BCUT2D eigenvalue weighted by atomic mass is 10.1. The summed E-state index contributed by atoms with van der Waals surface area (Å²) < 4.78 is 27.1. The first-order valence-corrected chi connectivity index (χ1v) is 7.56. The van der Waals surface area contributed by atoms with Crippen LogP contribution in [0.15, 0.2) is 28.0 Å². The van der Waals surface area contributed by atoms with Crippen LogP contribution in [-0.2, 0) is 4.79 Å². The first-order valence-electron chi connectivity index (χ1n) is 5.69. The zero-order chi connectivity index (χ0) is 14.5. The van der Waals surface area contributed by atoms with Crippen molar-refractivity contribution in [3.8, 4) is 0 Å². The van der Waals surface area contributed by atoms with Crippen molar-refractivity contribution in [3.05, 3.63) is 40.9 Å². The average molecular weight is 315 g/mol. The topological polar surface area (TPSA) is 54.9 Å². The quantitative estimate of drug-likeness (QED) is 0.862. The fraction of sp³-hybridized carbons (Fsp3) is 0.250. The highest BCUT2D eigenvalue weighted by Crippen LogP contribution is 2.20. The van der Waals surface area contributed by atoms with Crippen molar-refractivity contribution in [3.63, 3.8) is 0 Å². The Labute approximate surface area is 122 Å². The van der Waals surface area contributed by atoms with Gasteiger partial charge in [-0.25, -0.2) is 8.78 Å². The second kappa shape index (κ2) is 6.76. The summed E-state index contributed by atoms with van der Waals surface area (Å²) >= 11 is 2.60. The summed E-state index contributed by atoms with van der Waals surface area (Å²) in [6, 6.07) is 2.76. The van der Waals surface area contributed by atoms with Gasteiger partial charge in [-0.05, 0) is 13.0 Å². The molecule has 8 heteroatoms. The summed E-state index contributed by atoms with van der Waals surface area (Å²) in [6.45, 7) is 1.64. The number of carbonyl (C=O) groups is 1. The second-order valence-electron chi connectivity index (χ2n) is 3.95. The zero-order valence-corrected chi connectivity index (χ0v) is 12.1. The third-order valence-corrected chi connectivity index (χ3v) is 4.33. The van der Waals surface area contributed by atoms with Crippen molar-refractivity contribution in [1.82, 2.24) is 15.5 Å². The number of rotatable bonds is 5. The van der Waals surface area contributed by atoms with Gasteiger partial charge in [-0.15, -0.1) is 10.2 Å². The molecule has 0 aliphatic heterocycles. The Bertz CT molecular complexity index is 592. The number of hydrogen-bond donors (Lipinski definition) is 1. The number of amides is 1. The molecule has 2 rings (SSSR count). The third-order valence-electron chi connectivity index (χ3n) is 2.47. The van der Waals surface area contributed by atoms with E-state index < -0.39 is 17.7 Å². The average Bonchev–Trinajstić information content (AvgIpc) is 2.89. The monoisotopic (exact) mass is 315 g/mol. The van der Waals surface area contributed by atoms with Crippen molar-refractivity contribution < 1.29 is 13.6 Å². The Morgan fingerprint density at radius 3 is 2.95 bits per heavy atom. The number of halogens is 2. The van der Waals surface area contributed by atoms with Crippen molar-refractivity contribution in [2.24, 2.45) is 0 Å². The van der Waals surface area contributed by atoms with Crippen LogP contribution in [0.5, 0.6) is 0 Å². The largest absolute Gasteiger partial charge is 0.349 e. The van der Waals surface area contributed by atoms with Crippen LogP contribution >= 0.6 is 23.1 Å². The molecule has 20 heavy (non-hydrogen) atoms. The van der Waals surface area contributed by atoms with Gasteiger partial charge >= 0.3 is 0 Å². The van der Waals surface area contributed by atoms with Gasteiger partial charge in [0.05, 0.1) is 11.8 Å². The molecule has 1 N–H and O–H groups in total. The molecule has 0 saturated carbocycles. The van der Waals surface area contributed by atoms with Gasteiger partial charge < -0.3 is 5.32 Å². The van der Waals surface area contributed by atoms with Crippen LogP contribution in [0.3, 0.4) is 0 Å². The van der Waals surface area contributed by atoms with Gasteiger partial charge in [-0.1, -0.05) is 29.2 Å². The normalized spacial score (nSPS) is 12.2. The molecule has 0 spiro atoms. The highest BCUT2D eigenvalue weighted by atomic mass is 32.2. The Hall–Kier alpha value is -1.54. The molecule has 1 heterocycles. The van der Waals surface area contributed by atoms with Crippen LogP contribution < -0.4 is 5.32 Å². The van der Waals surface area contributed by atoms with E-state index in [9.17, 15) is 13.6 Å². The standard InChI is InChI=1S/C12H11F2N3OS2/c1-7(9-3-2-8(13)4-10(9)14)16-11(18)5-19-12-17-15-6-20-12/h2-4,6-7H,5H2,1H3,(H,16,18)/t7-/m1/s1. The van der Waals surface area contributed by atoms with E-state index >= 15 is 0 Å². The highest BCUT2D eigenvalue weighted by Gasteiger charge is 2.14. The number of nitrogens with zero attached hydrogens (tertiary/aromatic N) is 2. The lowest BCUT2D eigenvalue weighted by Crippen LogP contribution is -2.28. The predicted molar refractivity (Wildman–Crippen MR) is 73.5 cm³/mol. The fourth-order valence-electron chi connectivity index (χ4n) is 1.57. The molecule has 0 bridgehead atoms. The molecule has 4 nitrogen and oxygen atoms in total. The number of aromatic nitrogens is 2. The maximum absolute atomic E-state index is 13.5. The molecular weight excluding hydrogens is 304 g/mol. The van der Waals surface area contributed by atoms with E-state index in [1.54, 1.807) is 12.4 Å². The van der Waals surface area contributed by atoms with Gasteiger partial charge in [0.25, 0.3) is 0 Å².